The zero-order chi connectivity index (χ0) is 16.8. The van der Waals surface area contributed by atoms with Gasteiger partial charge in [0, 0.05) is 24.3 Å². The Balaban J connectivity index is 1.97. The first kappa shape index (κ1) is 17.1. The fourth-order valence-corrected chi connectivity index (χ4v) is 2.45. The second-order valence-corrected chi connectivity index (χ2v) is 5.16. The highest BCUT2D eigenvalue weighted by Gasteiger charge is 2.26. The number of hydrogen-bond donors (Lipinski definition) is 1. The molecule has 2 amide bonds. The van der Waals surface area contributed by atoms with Crippen LogP contribution in [0.5, 0.6) is 0 Å². The maximum atomic E-state index is 12.4. The zero-order valence-electron chi connectivity index (χ0n) is 12.5. The monoisotopic (exact) mass is 324 g/mol. The van der Waals surface area contributed by atoms with E-state index in [2.05, 4.69) is 16.6 Å². The fraction of sp³-hybridized carbons (Fsp3) is 0.375. The average molecular weight is 324 g/mol. The Morgan fingerprint density at radius 3 is 2.65 bits per heavy atom. The Morgan fingerprint density at radius 2 is 2.04 bits per heavy atom. The van der Waals surface area contributed by atoms with Gasteiger partial charge in [0.1, 0.15) is 0 Å². The van der Waals surface area contributed by atoms with E-state index < -0.39 is 12.7 Å². The molecule has 0 radical (unpaired) electrons. The highest BCUT2D eigenvalue weighted by atomic mass is 19.3. The summed E-state index contributed by atoms with van der Waals surface area (Å²) < 4.78 is 28.8. The molecule has 0 spiro atoms. The number of carbonyl (C=O) groups is 2. The number of rotatable bonds is 5. The molecule has 0 aromatic heterocycles. The van der Waals surface area contributed by atoms with Gasteiger partial charge in [-0.05, 0) is 37.1 Å². The van der Waals surface area contributed by atoms with Crippen LogP contribution in [-0.2, 0) is 9.53 Å². The maximum absolute atomic E-state index is 12.4. The first-order valence-electron chi connectivity index (χ1n) is 7.26. The largest absolute Gasteiger partial charge is 0.345 e. The van der Waals surface area contributed by atoms with Crippen molar-refractivity contribution in [1.82, 2.24) is 4.90 Å². The highest BCUT2D eigenvalue weighted by Crippen LogP contribution is 2.19. The molecular weight excluding hydrogens is 306 g/mol. The summed E-state index contributed by atoms with van der Waals surface area (Å²) in [7, 11) is 0. The number of benzene rings is 1. The molecule has 0 aliphatic carbocycles. The number of likely N-dealkylation sites (tertiary alicyclic amines) is 1. The van der Waals surface area contributed by atoms with Crippen molar-refractivity contribution in [2.24, 2.45) is 0 Å². The van der Waals surface area contributed by atoms with E-state index in [1.807, 2.05) is 0 Å². The van der Waals surface area contributed by atoms with Crippen LogP contribution < -0.4 is 5.32 Å². The molecule has 1 aliphatic rings. The Labute approximate surface area is 132 Å². The van der Waals surface area contributed by atoms with Gasteiger partial charge in [-0.2, -0.15) is 8.78 Å². The number of anilines is 1. The molecular formula is C16H18F2N2O3. The molecule has 7 heteroatoms. The molecule has 1 aromatic carbocycles. The van der Waals surface area contributed by atoms with Crippen molar-refractivity contribution in [3.63, 3.8) is 0 Å². The van der Waals surface area contributed by atoms with Crippen LogP contribution in [-0.4, -0.2) is 42.5 Å². The van der Waals surface area contributed by atoms with E-state index in [9.17, 15) is 18.4 Å². The van der Waals surface area contributed by atoms with E-state index in [0.717, 1.165) is 6.08 Å². The Morgan fingerprint density at radius 1 is 1.35 bits per heavy atom. The quantitative estimate of drug-likeness (QED) is 0.847. The molecule has 1 aromatic rings. The van der Waals surface area contributed by atoms with Crippen LogP contribution in [0.3, 0.4) is 0 Å². The Bertz CT molecular complexity index is 584. The number of ether oxygens (including phenoxy) is 1. The maximum Gasteiger partial charge on any atom is 0.345 e. The molecule has 0 bridgehead atoms. The zero-order valence-corrected chi connectivity index (χ0v) is 12.5. The normalized spacial score (nSPS) is 15.5. The van der Waals surface area contributed by atoms with Crippen LogP contribution in [0.1, 0.15) is 23.2 Å². The number of nitrogens with zero attached hydrogens (tertiary/aromatic N) is 1. The van der Waals surface area contributed by atoms with Gasteiger partial charge < -0.3 is 15.0 Å². The van der Waals surface area contributed by atoms with Gasteiger partial charge in [0.2, 0.25) is 5.91 Å². The van der Waals surface area contributed by atoms with Gasteiger partial charge in [0.15, 0.2) is 0 Å². The summed E-state index contributed by atoms with van der Waals surface area (Å²) in [6.07, 6.45) is 1.38. The standard InChI is InChI=1S/C16H18F2N2O3/c1-2-14(21)19-12-5-3-4-11(10-12)15(22)20-8-6-13(7-9-20)23-16(17)18/h2-5,10,13,16H,1,6-9H2,(H,19,21). The minimum Gasteiger partial charge on any atom is -0.338 e. The molecule has 1 fully saturated rings. The van der Waals surface area contributed by atoms with Gasteiger partial charge in [0.05, 0.1) is 6.10 Å². The van der Waals surface area contributed by atoms with Crippen molar-refractivity contribution >= 4 is 17.5 Å². The average Bonchev–Trinajstić information content (AvgIpc) is 2.54. The lowest BCUT2D eigenvalue weighted by Crippen LogP contribution is -2.41. The summed E-state index contributed by atoms with van der Waals surface area (Å²) in [5.74, 6) is -0.560. The summed E-state index contributed by atoms with van der Waals surface area (Å²) >= 11 is 0. The van der Waals surface area contributed by atoms with Gasteiger partial charge >= 0.3 is 6.61 Å². The van der Waals surface area contributed by atoms with Crippen molar-refractivity contribution < 1.29 is 23.1 Å². The summed E-state index contributed by atoms with van der Waals surface area (Å²) in [6, 6.07) is 6.55. The number of alkyl halides is 2. The highest BCUT2D eigenvalue weighted by molar-refractivity contribution is 6.00. The Kier molecular flexibility index (Phi) is 5.81. The van der Waals surface area contributed by atoms with E-state index in [1.54, 1.807) is 29.2 Å². The number of carbonyl (C=O) groups excluding carboxylic acids is 2. The van der Waals surface area contributed by atoms with Gasteiger partial charge in [-0.25, -0.2) is 0 Å². The van der Waals surface area contributed by atoms with E-state index in [1.165, 1.54) is 0 Å². The van der Waals surface area contributed by atoms with E-state index >= 15 is 0 Å². The number of amides is 2. The molecule has 0 atom stereocenters. The summed E-state index contributed by atoms with van der Waals surface area (Å²) in [6.45, 7) is 1.30. The molecule has 1 N–H and O–H groups in total. The number of nitrogens with one attached hydrogen (secondary N) is 1. The molecule has 1 heterocycles. The van der Waals surface area contributed by atoms with Crippen LogP contribution in [0.2, 0.25) is 0 Å². The summed E-state index contributed by atoms with van der Waals surface area (Å²) in [4.78, 5) is 25.3. The first-order chi connectivity index (χ1) is 11.0. The van der Waals surface area contributed by atoms with E-state index in [-0.39, 0.29) is 11.8 Å². The predicted octanol–water partition coefficient (Wildman–Crippen LogP) is 2.65. The molecule has 124 valence electrons. The smallest absolute Gasteiger partial charge is 0.338 e. The molecule has 0 unspecified atom stereocenters. The van der Waals surface area contributed by atoms with Crippen LogP contribution >= 0.6 is 0 Å². The number of halogens is 2. The van der Waals surface area contributed by atoms with Gasteiger partial charge in [0.25, 0.3) is 5.91 Å². The molecule has 23 heavy (non-hydrogen) atoms. The molecule has 1 aliphatic heterocycles. The molecule has 2 rings (SSSR count). The SMILES string of the molecule is C=CC(=O)Nc1cccc(C(=O)N2CCC(OC(F)F)CC2)c1. The second kappa shape index (κ2) is 7.82. The molecule has 1 saturated heterocycles. The van der Waals surface area contributed by atoms with Gasteiger partial charge in [-0.1, -0.05) is 12.6 Å². The summed E-state index contributed by atoms with van der Waals surface area (Å²) in [5, 5.41) is 2.59. The van der Waals surface area contributed by atoms with E-state index in [4.69, 9.17) is 0 Å². The van der Waals surface area contributed by atoms with Gasteiger partial charge in [-0.15, -0.1) is 0 Å². The first-order valence-corrected chi connectivity index (χ1v) is 7.26. The van der Waals surface area contributed by atoms with Crippen LogP contribution in [0, 0.1) is 0 Å². The third-order valence-corrected chi connectivity index (χ3v) is 3.59. The number of hydrogen-bond acceptors (Lipinski definition) is 3. The van der Waals surface area contributed by atoms with Crippen molar-refractivity contribution in [1.29, 1.82) is 0 Å². The lowest BCUT2D eigenvalue weighted by atomic mass is 10.1. The molecule has 5 nitrogen and oxygen atoms in total. The topological polar surface area (TPSA) is 58.6 Å². The minimum atomic E-state index is -2.78. The van der Waals surface area contributed by atoms with Gasteiger partial charge in [-0.3, -0.25) is 9.59 Å². The van der Waals surface area contributed by atoms with Crippen LogP contribution in [0.4, 0.5) is 14.5 Å². The lowest BCUT2D eigenvalue weighted by molar-refractivity contribution is -0.171. The third-order valence-electron chi connectivity index (χ3n) is 3.59. The Hall–Kier alpha value is -2.28. The molecule has 0 saturated carbocycles. The predicted molar refractivity (Wildman–Crippen MR) is 81.3 cm³/mol. The van der Waals surface area contributed by atoms with Crippen molar-refractivity contribution in [2.45, 2.75) is 25.6 Å². The number of piperidine rings is 1. The van der Waals surface area contributed by atoms with Crippen molar-refractivity contribution in [3.05, 3.63) is 42.5 Å². The van der Waals surface area contributed by atoms with E-state index in [0.29, 0.717) is 37.2 Å². The summed E-state index contributed by atoms with van der Waals surface area (Å²) in [5.41, 5.74) is 0.928. The minimum absolute atomic E-state index is 0.199. The fourth-order valence-electron chi connectivity index (χ4n) is 2.45. The lowest BCUT2D eigenvalue weighted by Gasteiger charge is -2.31. The third kappa shape index (κ3) is 4.85. The second-order valence-electron chi connectivity index (χ2n) is 5.16. The van der Waals surface area contributed by atoms with Crippen LogP contribution in [0.15, 0.2) is 36.9 Å². The van der Waals surface area contributed by atoms with Crippen molar-refractivity contribution in [3.8, 4) is 0 Å². The van der Waals surface area contributed by atoms with Crippen molar-refractivity contribution in [2.75, 3.05) is 18.4 Å². The van der Waals surface area contributed by atoms with Crippen LogP contribution in [0.25, 0.3) is 0 Å².